The van der Waals surface area contributed by atoms with E-state index in [1.54, 1.807) is 71.9 Å². The summed E-state index contributed by atoms with van der Waals surface area (Å²) in [4.78, 5) is 232. The lowest BCUT2D eigenvalue weighted by atomic mass is 9.98. The predicted octanol–water partition coefficient (Wildman–Crippen LogP) is -8.86. The number of nitrogens with one attached hydrogen (secondary N) is 13. The number of carbonyl (C=O) groups is 17. The van der Waals surface area contributed by atoms with E-state index < -0.39 is 277 Å². The van der Waals surface area contributed by atoms with Crippen molar-refractivity contribution in [1.29, 1.82) is 0 Å². The number of hydrogen-bond acceptors (Lipinski definition) is 26. The third-order valence-electron chi connectivity index (χ3n) is 18.3. The average molecular weight is 1670 g/mol. The van der Waals surface area contributed by atoms with Crippen molar-refractivity contribution in [1.82, 2.24) is 74.0 Å². The van der Waals surface area contributed by atoms with Gasteiger partial charge in [0.05, 0.1) is 43.8 Å². The zero-order chi connectivity index (χ0) is 88.2. The summed E-state index contributed by atoms with van der Waals surface area (Å²) in [5.74, 6) is -21.5. The number of aliphatic hydroxyl groups is 5. The second-order valence-corrected chi connectivity index (χ2v) is 32.0. The first-order valence-corrected chi connectivity index (χ1v) is 40.1. The summed E-state index contributed by atoms with van der Waals surface area (Å²) in [6, 6.07) is -15.8. The van der Waals surface area contributed by atoms with Crippen LogP contribution in [0.4, 0.5) is 0 Å². The number of aliphatic carboxylic acids is 2. The third kappa shape index (κ3) is 36.0. The molecular formula is C72H119N17O26S. The first kappa shape index (κ1) is 102. The van der Waals surface area contributed by atoms with E-state index in [9.17, 15) is 126 Å². The standard InChI is InChI=1S/C72H119N17O26S/c1-35(2)29-46(64(104)85-55(37(5)6)68(108)87-57(39(8)93)69(109)82-48(72(112)113)30-36(3)4)81-67(107)51-20-16-27-89(51)71(111)58(40(9)94)88-61(101)43(21-23-52(75)95)78-65(105)49(33-90)83-59(99)42(19-14-15-26-73)77-60(100)44(22-24-54(97)98)79-66(106)50(34-91)84-70(110)56(38(7)92)86-62(102)45(25-28-116(10,114)115)80-63(103)47(76-53(96)32-74)31-41-17-12-11-13-18-41/h11-13,17-18,35-40,42-51,55-58,90-94H,14-16,19-34,73-74H2,1-10H3,(H2,75,95)(H,76,96)(H,77,100)(H,78,105)(H,79,106)(H,80,103)(H,81,107)(H,82,109)(H,83,99)(H,84,110)(H,85,104)(H,86,102)(H,87,108)(H,88,101)(H,97,98)(H,112,113)/t38-,39-,40-,42+,43+,44+,45+,46+,47+,48+,49+,50+,51+,55+,56+,57+,58+/m1/s1. The summed E-state index contributed by atoms with van der Waals surface area (Å²) in [5, 5.41) is 103. The van der Waals surface area contributed by atoms with Crippen LogP contribution < -0.4 is 86.3 Å². The Balaban J connectivity index is 2.42. The first-order valence-electron chi connectivity index (χ1n) is 38.1. The molecule has 654 valence electrons. The van der Waals surface area contributed by atoms with Gasteiger partial charge < -0.3 is 127 Å². The number of carbonyl (C=O) groups excluding carboxylic acids is 15. The molecule has 0 saturated carbocycles. The SMILES string of the molecule is CC(C)C[C@H](NC(=O)[C@@H](NC(=O)[C@@H](NC(=O)[C@H](CC(C)C)NC(=O)[C@@H]1CCCN1C(=O)[C@@H](NC(=O)[C@H](CCC(N)=O)NC(=O)[C@H](CO)NC(=O)[C@H](CCCCN)NC(=O)[C@H](CCC(=O)O)NC(=O)[C@H](CO)NC(=O)[C@@H](NC(=O)[C@H](CCS(C)(=O)=O)NC(=O)[C@H](Cc1ccccc1)NC(=O)CN)[C@@H](C)O)[C@@H](C)O)C(C)C)[C@@H](C)O)C(=O)O. The van der Waals surface area contributed by atoms with Crippen molar-refractivity contribution in [2.75, 3.05) is 44.9 Å². The number of nitrogens with two attached hydrogens (primary N) is 3. The third-order valence-corrected chi connectivity index (χ3v) is 19.2. The number of rotatable bonds is 53. The van der Waals surface area contributed by atoms with E-state index in [2.05, 4.69) is 69.1 Å². The van der Waals surface area contributed by atoms with Crippen LogP contribution in [0.1, 0.15) is 145 Å². The highest BCUT2D eigenvalue weighted by Crippen LogP contribution is 2.22. The van der Waals surface area contributed by atoms with Gasteiger partial charge >= 0.3 is 11.9 Å². The van der Waals surface area contributed by atoms with Gasteiger partial charge in [0.25, 0.3) is 0 Å². The number of carboxylic acids is 2. The molecule has 43 nitrogen and oxygen atoms in total. The number of aliphatic hydroxyl groups excluding tert-OH is 5. The molecule has 15 amide bonds. The maximum Gasteiger partial charge on any atom is 0.326 e. The minimum Gasteiger partial charge on any atom is -0.481 e. The van der Waals surface area contributed by atoms with Crippen LogP contribution in [0.5, 0.6) is 0 Å². The Morgan fingerprint density at radius 3 is 1.30 bits per heavy atom. The van der Waals surface area contributed by atoms with E-state index in [1.807, 2.05) is 0 Å². The summed E-state index contributed by atoms with van der Waals surface area (Å²) >= 11 is 0. The topological polar surface area (TPSA) is 704 Å². The number of amides is 15. The number of carboxylic acid groups (broad SMARTS) is 2. The predicted molar refractivity (Wildman–Crippen MR) is 412 cm³/mol. The molecule has 1 heterocycles. The minimum absolute atomic E-state index is 0.0163. The van der Waals surface area contributed by atoms with Crippen LogP contribution in [0.3, 0.4) is 0 Å². The van der Waals surface area contributed by atoms with Gasteiger partial charge in [0, 0.05) is 32.1 Å². The number of nitrogens with zero attached hydrogens (tertiary/aromatic N) is 1. The summed E-state index contributed by atoms with van der Waals surface area (Å²) in [7, 11) is -3.85. The largest absolute Gasteiger partial charge is 0.481 e. The molecule has 0 radical (unpaired) electrons. The zero-order valence-electron chi connectivity index (χ0n) is 66.8. The fourth-order valence-corrected chi connectivity index (χ4v) is 12.6. The highest BCUT2D eigenvalue weighted by Gasteiger charge is 2.44. The van der Waals surface area contributed by atoms with Crippen LogP contribution in [-0.2, 0) is 97.8 Å². The molecule has 0 spiro atoms. The van der Waals surface area contributed by atoms with Crippen molar-refractivity contribution in [2.24, 2.45) is 35.0 Å². The molecular weight excluding hydrogens is 1550 g/mol. The Hall–Kier alpha value is -10.1. The minimum atomic E-state index is -3.85. The van der Waals surface area contributed by atoms with Gasteiger partial charge in [-0.15, -0.1) is 0 Å². The molecule has 1 aliphatic heterocycles. The zero-order valence-corrected chi connectivity index (χ0v) is 67.7. The molecule has 1 aromatic rings. The van der Waals surface area contributed by atoms with Gasteiger partial charge in [-0.1, -0.05) is 71.9 Å². The molecule has 0 aromatic heterocycles. The van der Waals surface area contributed by atoms with Gasteiger partial charge in [-0.25, -0.2) is 13.2 Å². The molecule has 0 bridgehead atoms. The monoisotopic (exact) mass is 1670 g/mol. The van der Waals surface area contributed by atoms with Crippen molar-refractivity contribution in [2.45, 2.75) is 249 Å². The average Bonchev–Trinajstić information content (AvgIpc) is 1.61. The van der Waals surface area contributed by atoms with Gasteiger partial charge in [0.15, 0.2) is 0 Å². The number of benzene rings is 1. The Morgan fingerprint density at radius 2 is 0.862 bits per heavy atom. The number of unbranched alkanes of at least 4 members (excludes halogenated alkanes) is 1. The van der Waals surface area contributed by atoms with Crippen LogP contribution in [0.15, 0.2) is 30.3 Å². The smallest absolute Gasteiger partial charge is 0.326 e. The Bertz CT molecular complexity index is 3650. The van der Waals surface area contributed by atoms with E-state index in [4.69, 9.17) is 17.2 Å². The first-order chi connectivity index (χ1) is 54.2. The molecule has 1 aromatic carbocycles. The normalized spacial score (nSPS) is 16.9. The van der Waals surface area contributed by atoms with Crippen LogP contribution in [-0.4, -0.2) is 297 Å². The number of primary amides is 1. The molecule has 44 heteroatoms. The molecule has 0 unspecified atom stereocenters. The fourth-order valence-electron chi connectivity index (χ4n) is 11.9. The van der Waals surface area contributed by atoms with Gasteiger partial charge in [-0.2, -0.15) is 0 Å². The Labute approximate surface area is 671 Å². The molecule has 0 aliphatic carbocycles. The Morgan fingerprint density at radius 1 is 0.466 bits per heavy atom. The lowest BCUT2D eigenvalue weighted by Gasteiger charge is -2.32. The lowest BCUT2D eigenvalue weighted by Crippen LogP contribution is -2.63. The Kier molecular flexibility index (Phi) is 44.3. The molecule has 1 saturated heterocycles. The van der Waals surface area contributed by atoms with Crippen LogP contribution in [0.2, 0.25) is 0 Å². The second-order valence-electron chi connectivity index (χ2n) is 29.7. The van der Waals surface area contributed by atoms with Gasteiger partial charge in [-0.3, -0.25) is 76.7 Å². The quantitative estimate of drug-likeness (QED) is 0.0269. The van der Waals surface area contributed by atoms with Gasteiger partial charge in [0.1, 0.15) is 94.4 Å². The van der Waals surface area contributed by atoms with E-state index in [0.717, 1.165) is 25.0 Å². The maximum atomic E-state index is 14.5. The lowest BCUT2D eigenvalue weighted by molar-refractivity contribution is -0.145. The summed E-state index contributed by atoms with van der Waals surface area (Å²) < 4.78 is 24.6. The van der Waals surface area contributed by atoms with E-state index in [0.29, 0.717) is 5.56 Å². The number of hydrogen-bond donors (Lipinski definition) is 23. The summed E-state index contributed by atoms with van der Waals surface area (Å²) in [6.45, 7) is 10.1. The molecule has 26 N–H and O–H groups in total. The highest BCUT2D eigenvalue weighted by atomic mass is 32.2. The van der Waals surface area contributed by atoms with Crippen LogP contribution in [0.25, 0.3) is 0 Å². The van der Waals surface area contributed by atoms with Gasteiger partial charge in [-0.05, 0) is 115 Å². The molecule has 116 heavy (non-hydrogen) atoms. The molecule has 1 aliphatic rings. The van der Waals surface area contributed by atoms with E-state index in [1.165, 1.54) is 6.92 Å². The number of sulfone groups is 1. The molecule has 17 atom stereocenters. The van der Waals surface area contributed by atoms with Crippen molar-refractivity contribution >= 4 is 110 Å². The highest BCUT2D eigenvalue weighted by molar-refractivity contribution is 7.90. The fraction of sp³-hybridized carbons (Fsp3) is 0.681. The van der Waals surface area contributed by atoms with Crippen LogP contribution in [0, 0.1) is 17.8 Å². The van der Waals surface area contributed by atoms with Crippen molar-refractivity contribution in [3.05, 3.63) is 35.9 Å². The number of likely N-dealkylation sites (tertiary alicyclic amines) is 1. The summed E-state index contributed by atoms with van der Waals surface area (Å²) in [5.41, 5.74) is 17.1. The summed E-state index contributed by atoms with van der Waals surface area (Å²) in [6.07, 6.45) is -7.88. The van der Waals surface area contributed by atoms with Crippen LogP contribution >= 0.6 is 0 Å². The van der Waals surface area contributed by atoms with E-state index >= 15 is 0 Å². The maximum absolute atomic E-state index is 14.5. The second kappa shape index (κ2) is 50.4. The van der Waals surface area contributed by atoms with Crippen molar-refractivity contribution < 1.29 is 126 Å². The molecule has 1 fully saturated rings. The van der Waals surface area contributed by atoms with Crippen molar-refractivity contribution in [3.63, 3.8) is 0 Å². The molecule has 2 rings (SSSR count). The van der Waals surface area contributed by atoms with E-state index in [-0.39, 0.29) is 76.3 Å². The van der Waals surface area contributed by atoms with Gasteiger partial charge in [0.2, 0.25) is 88.6 Å². The van der Waals surface area contributed by atoms with Crippen molar-refractivity contribution in [3.8, 4) is 0 Å².